The summed E-state index contributed by atoms with van der Waals surface area (Å²) in [5.74, 6) is 0. The second kappa shape index (κ2) is 5.86. The third kappa shape index (κ3) is 3.04. The quantitative estimate of drug-likeness (QED) is 0.793. The van der Waals surface area contributed by atoms with Crippen molar-refractivity contribution in [2.24, 2.45) is 0 Å². The van der Waals surface area contributed by atoms with Crippen LogP contribution in [-0.4, -0.2) is 69.2 Å². The molecule has 0 aliphatic carbocycles. The van der Waals surface area contributed by atoms with Gasteiger partial charge in [0.15, 0.2) is 0 Å². The van der Waals surface area contributed by atoms with Crippen molar-refractivity contribution in [3.63, 3.8) is 0 Å². The summed E-state index contributed by atoms with van der Waals surface area (Å²) < 4.78 is 26.8. The standard InChI is InChI=1S/C12H25N3O2S/c1-14-9-3-4-11(10-14)15(2)18(16,17)12-5-7-13-8-6-12/h11-13H,3-10H2,1-2H3. The third-order valence-corrected chi connectivity index (χ3v) is 6.64. The van der Waals surface area contributed by atoms with Crippen molar-refractivity contribution in [1.29, 1.82) is 0 Å². The maximum absolute atomic E-state index is 12.6. The van der Waals surface area contributed by atoms with Gasteiger partial charge in [-0.25, -0.2) is 12.7 Å². The molecule has 1 unspecified atom stereocenters. The molecule has 0 aromatic carbocycles. The van der Waals surface area contributed by atoms with Crippen LogP contribution in [0, 0.1) is 0 Å². The van der Waals surface area contributed by atoms with Crippen LogP contribution in [0.5, 0.6) is 0 Å². The fourth-order valence-corrected chi connectivity index (χ4v) is 4.86. The number of likely N-dealkylation sites (N-methyl/N-ethyl adjacent to an activating group) is 2. The lowest BCUT2D eigenvalue weighted by atomic mass is 10.1. The van der Waals surface area contributed by atoms with Crippen LogP contribution < -0.4 is 5.32 Å². The molecule has 2 saturated heterocycles. The molecule has 2 fully saturated rings. The smallest absolute Gasteiger partial charge is 0.217 e. The Balaban J connectivity index is 2.03. The molecule has 1 atom stereocenters. The predicted molar refractivity (Wildman–Crippen MR) is 73.1 cm³/mol. The normalized spacial score (nSPS) is 28.7. The average molecular weight is 275 g/mol. The van der Waals surface area contributed by atoms with Gasteiger partial charge in [-0.2, -0.15) is 0 Å². The van der Waals surface area contributed by atoms with Crippen molar-refractivity contribution in [2.75, 3.05) is 40.3 Å². The molecule has 2 aliphatic rings. The highest BCUT2D eigenvalue weighted by atomic mass is 32.2. The molecule has 5 nitrogen and oxygen atoms in total. The molecule has 106 valence electrons. The van der Waals surface area contributed by atoms with Crippen LogP contribution in [0.4, 0.5) is 0 Å². The summed E-state index contributed by atoms with van der Waals surface area (Å²) in [5.41, 5.74) is 0. The zero-order chi connectivity index (χ0) is 13.2. The Labute approximate surface area is 111 Å². The third-order valence-electron chi connectivity index (χ3n) is 4.22. The van der Waals surface area contributed by atoms with Gasteiger partial charge in [-0.05, 0) is 52.4 Å². The van der Waals surface area contributed by atoms with E-state index in [0.29, 0.717) is 0 Å². The average Bonchev–Trinajstić information content (AvgIpc) is 2.39. The molecule has 2 aliphatic heterocycles. The number of sulfonamides is 1. The minimum atomic E-state index is -3.12. The summed E-state index contributed by atoms with van der Waals surface area (Å²) in [6.45, 7) is 3.59. The molecular weight excluding hydrogens is 250 g/mol. The Bertz CT molecular complexity index is 366. The van der Waals surface area contributed by atoms with Gasteiger partial charge < -0.3 is 10.2 Å². The maximum atomic E-state index is 12.6. The Morgan fingerprint density at radius 3 is 2.50 bits per heavy atom. The van der Waals surface area contributed by atoms with E-state index in [1.54, 1.807) is 11.4 Å². The Morgan fingerprint density at radius 2 is 1.89 bits per heavy atom. The number of piperidine rings is 2. The first-order valence-electron chi connectivity index (χ1n) is 6.88. The molecule has 0 spiro atoms. The molecule has 0 radical (unpaired) electrons. The number of hydrogen-bond acceptors (Lipinski definition) is 4. The summed E-state index contributed by atoms with van der Waals surface area (Å²) in [6, 6.07) is 0.156. The van der Waals surface area contributed by atoms with Crippen LogP contribution in [-0.2, 0) is 10.0 Å². The van der Waals surface area contributed by atoms with E-state index in [0.717, 1.165) is 51.9 Å². The molecule has 1 N–H and O–H groups in total. The Kier molecular flexibility index (Phi) is 4.64. The van der Waals surface area contributed by atoms with E-state index >= 15 is 0 Å². The summed E-state index contributed by atoms with van der Waals surface area (Å²) in [6.07, 6.45) is 3.57. The van der Waals surface area contributed by atoms with Crippen molar-refractivity contribution in [3.05, 3.63) is 0 Å². The van der Waals surface area contributed by atoms with Crippen LogP contribution in [0.25, 0.3) is 0 Å². The van der Waals surface area contributed by atoms with Gasteiger partial charge in [0.25, 0.3) is 0 Å². The van der Waals surface area contributed by atoms with E-state index in [1.807, 2.05) is 0 Å². The molecule has 6 heteroatoms. The number of likely N-dealkylation sites (tertiary alicyclic amines) is 1. The van der Waals surface area contributed by atoms with Crippen molar-refractivity contribution < 1.29 is 8.42 Å². The minimum absolute atomic E-state index is 0.156. The van der Waals surface area contributed by atoms with Gasteiger partial charge in [0.2, 0.25) is 10.0 Å². The molecule has 0 aromatic heterocycles. The largest absolute Gasteiger partial charge is 0.317 e. The molecule has 0 bridgehead atoms. The summed E-state index contributed by atoms with van der Waals surface area (Å²) >= 11 is 0. The zero-order valence-corrected chi connectivity index (χ0v) is 12.2. The maximum Gasteiger partial charge on any atom is 0.217 e. The molecule has 0 aromatic rings. The van der Waals surface area contributed by atoms with E-state index in [1.165, 1.54) is 0 Å². The number of nitrogens with one attached hydrogen (secondary N) is 1. The Hall–Kier alpha value is -0.170. The van der Waals surface area contributed by atoms with Crippen molar-refractivity contribution in [2.45, 2.75) is 37.0 Å². The van der Waals surface area contributed by atoms with Gasteiger partial charge in [0.1, 0.15) is 0 Å². The lowest BCUT2D eigenvalue weighted by molar-refractivity contribution is 0.186. The summed E-state index contributed by atoms with van der Waals surface area (Å²) in [7, 11) is 0.713. The van der Waals surface area contributed by atoms with Gasteiger partial charge in [0, 0.05) is 19.6 Å². The van der Waals surface area contributed by atoms with Gasteiger partial charge in [-0.3, -0.25) is 0 Å². The second-order valence-electron chi connectivity index (χ2n) is 5.57. The van der Waals surface area contributed by atoms with Gasteiger partial charge >= 0.3 is 0 Å². The van der Waals surface area contributed by atoms with Crippen LogP contribution in [0.2, 0.25) is 0 Å². The molecule has 0 saturated carbocycles. The summed E-state index contributed by atoms with van der Waals surface area (Å²) in [5, 5.41) is 3.04. The summed E-state index contributed by atoms with van der Waals surface area (Å²) in [4.78, 5) is 2.22. The van der Waals surface area contributed by atoms with Gasteiger partial charge in [-0.15, -0.1) is 0 Å². The monoisotopic (exact) mass is 275 g/mol. The first-order chi connectivity index (χ1) is 8.51. The molecular formula is C12H25N3O2S. The van der Waals surface area contributed by atoms with E-state index in [-0.39, 0.29) is 11.3 Å². The first kappa shape index (κ1) is 14.2. The number of nitrogens with zero attached hydrogens (tertiary/aromatic N) is 2. The molecule has 2 heterocycles. The predicted octanol–water partition coefficient (Wildman–Crippen LogP) is 0.0942. The van der Waals surface area contributed by atoms with Crippen LogP contribution in [0.3, 0.4) is 0 Å². The fraction of sp³-hybridized carbons (Fsp3) is 1.00. The number of rotatable bonds is 3. The van der Waals surface area contributed by atoms with Gasteiger partial charge in [0.05, 0.1) is 5.25 Å². The van der Waals surface area contributed by atoms with Crippen molar-refractivity contribution in [1.82, 2.24) is 14.5 Å². The molecule has 0 amide bonds. The van der Waals surface area contributed by atoms with Crippen LogP contribution >= 0.6 is 0 Å². The van der Waals surface area contributed by atoms with Crippen LogP contribution in [0.15, 0.2) is 0 Å². The van der Waals surface area contributed by atoms with E-state index < -0.39 is 10.0 Å². The van der Waals surface area contributed by atoms with Crippen molar-refractivity contribution in [3.8, 4) is 0 Å². The fourth-order valence-electron chi connectivity index (χ4n) is 2.97. The number of hydrogen-bond donors (Lipinski definition) is 1. The first-order valence-corrected chi connectivity index (χ1v) is 8.38. The highest BCUT2D eigenvalue weighted by molar-refractivity contribution is 7.89. The SMILES string of the molecule is CN1CCCC(N(C)S(=O)(=O)C2CCNCC2)C1. The van der Waals surface area contributed by atoms with E-state index in [2.05, 4.69) is 17.3 Å². The molecule has 2 rings (SSSR count). The Morgan fingerprint density at radius 1 is 1.22 bits per heavy atom. The second-order valence-corrected chi connectivity index (χ2v) is 7.84. The topological polar surface area (TPSA) is 52.7 Å². The highest BCUT2D eigenvalue weighted by Crippen LogP contribution is 2.22. The highest BCUT2D eigenvalue weighted by Gasteiger charge is 2.35. The lowest BCUT2D eigenvalue weighted by Crippen LogP contribution is -2.51. The van der Waals surface area contributed by atoms with Crippen LogP contribution in [0.1, 0.15) is 25.7 Å². The molecule has 18 heavy (non-hydrogen) atoms. The zero-order valence-electron chi connectivity index (χ0n) is 11.4. The van der Waals surface area contributed by atoms with Gasteiger partial charge in [-0.1, -0.05) is 0 Å². The van der Waals surface area contributed by atoms with E-state index in [4.69, 9.17) is 0 Å². The minimum Gasteiger partial charge on any atom is -0.317 e. The van der Waals surface area contributed by atoms with Crippen molar-refractivity contribution >= 4 is 10.0 Å². The van der Waals surface area contributed by atoms with E-state index in [9.17, 15) is 8.42 Å². The lowest BCUT2D eigenvalue weighted by Gasteiger charge is -2.37.